The molecule has 0 aliphatic heterocycles. The first-order valence-electron chi connectivity index (χ1n) is 6.70. The summed E-state index contributed by atoms with van der Waals surface area (Å²) in [7, 11) is 0. The van der Waals surface area contributed by atoms with Crippen molar-refractivity contribution < 1.29 is 9.53 Å². The van der Waals surface area contributed by atoms with Gasteiger partial charge in [0.05, 0.1) is 0 Å². The number of amides is 1. The normalized spacial score (nSPS) is 12.8. The number of hydrogen-bond acceptors (Lipinski definition) is 5. The molecule has 2 rings (SSSR count). The first-order valence-corrected chi connectivity index (χ1v) is 7.58. The molecule has 1 aromatic carbocycles. The maximum atomic E-state index is 11.9. The largest absolute Gasteiger partial charge is 0.481 e. The van der Waals surface area contributed by atoms with Crippen LogP contribution in [0.4, 0.5) is 5.13 Å². The molecule has 1 N–H and O–H groups in total. The lowest BCUT2D eigenvalue weighted by Crippen LogP contribution is -2.30. The highest BCUT2D eigenvalue weighted by atomic mass is 32.1. The molecule has 1 atom stereocenters. The van der Waals surface area contributed by atoms with E-state index in [1.54, 1.807) is 12.4 Å². The summed E-state index contributed by atoms with van der Waals surface area (Å²) in [6.07, 6.45) is -0.602. The SMILES string of the molecule is C[C@H](Oc1ccc(C(C)(C)C)cc1)C(=O)Nc1nncs1. The molecule has 0 unspecified atom stereocenters. The fourth-order valence-electron chi connectivity index (χ4n) is 1.73. The molecule has 0 fully saturated rings. The smallest absolute Gasteiger partial charge is 0.266 e. The van der Waals surface area contributed by atoms with Crippen LogP contribution in [0.1, 0.15) is 33.3 Å². The van der Waals surface area contributed by atoms with Crippen molar-refractivity contribution in [1.29, 1.82) is 0 Å². The summed E-state index contributed by atoms with van der Waals surface area (Å²) < 4.78 is 5.64. The minimum absolute atomic E-state index is 0.0966. The van der Waals surface area contributed by atoms with Crippen molar-refractivity contribution >= 4 is 22.4 Å². The summed E-state index contributed by atoms with van der Waals surface area (Å²) in [6, 6.07) is 7.81. The molecular formula is C15H19N3O2S. The molecule has 1 heterocycles. The third-order valence-corrected chi connectivity index (χ3v) is 3.60. The van der Waals surface area contributed by atoms with Gasteiger partial charge in [0.2, 0.25) is 5.13 Å². The second kappa shape index (κ2) is 6.22. The van der Waals surface area contributed by atoms with Crippen LogP contribution < -0.4 is 10.1 Å². The molecule has 0 saturated heterocycles. The van der Waals surface area contributed by atoms with Gasteiger partial charge < -0.3 is 4.74 Å². The zero-order valence-electron chi connectivity index (χ0n) is 12.6. The van der Waals surface area contributed by atoms with Crippen LogP contribution in [0.15, 0.2) is 29.8 Å². The Labute approximate surface area is 128 Å². The molecule has 2 aromatic rings. The molecule has 1 amide bonds. The Morgan fingerprint density at radius 3 is 2.48 bits per heavy atom. The Kier molecular flexibility index (Phi) is 4.57. The maximum absolute atomic E-state index is 11.9. The van der Waals surface area contributed by atoms with Crippen molar-refractivity contribution in [3.8, 4) is 5.75 Å². The summed E-state index contributed by atoms with van der Waals surface area (Å²) in [5.41, 5.74) is 2.88. The Bertz CT molecular complexity index is 588. The van der Waals surface area contributed by atoms with E-state index in [0.29, 0.717) is 10.9 Å². The van der Waals surface area contributed by atoms with E-state index in [9.17, 15) is 4.79 Å². The lowest BCUT2D eigenvalue weighted by molar-refractivity contribution is -0.122. The summed E-state index contributed by atoms with van der Waals surface area (Å²) in [4.78, 5) is 11.9. The van der Waals surface area contributed by atoms with Gasteiger partial charge in [-0.2, -0.15) is 0 Å². The molecular weight excluding hydrogens is 286 g/mol. The van der Waals surface area contributed by atoms with Crippen LogP contribution in [0, 0.1) is 0 Å². The number of benzene rings is 1. The van der Waals surface area contributed by atoms with E-state index in [2.05, 4.69) is 36.3 Å². The van der Waals surface area contributed by atoms with Gasteiger partial charge in [-0.15, -0.1) is 10.2 Å². The zero-order chi connectivity index (χ0) is 15.5. The van der Waals surface area contributed by atoms with Crippen LogP contribution in [0.5, 0.6) is 5.75 Å². The fraction of sp³-hybridized carbons (Fsp3) is 0.400. The quantitative estimate of drug-likeness (QED) is 0.942. The average molecular weight is 305 g/mol. The van der Waals surface area contributed by atoms with Crippen molar-refractivity contribution in [2.45, 2.75) is 39.2 Å². The summed E-state index contributed by atoms with van der Waals surface area (Å²) in [5, 5.41) is 10.6. The lowest BCUT2D eigenvalue weighted by atomic mass is 9.87. The van der Waals surface area contributed by atoms with Gasteiger partial charge in [-0.1, -0.05) is 44.2 Å². The number of carbonyl (C=O) groups is 1. The molecule has 0 aliphatic carbocycles. The van der Waals surface area contributed by atoms with Gasteiger partial charge >= 0.3 is 0 Å². The summed E-state index contributed by atoms with van der Waals surface area (Å²) in [6.45, 7) is 8.16. The maximum Gasteiger partial charge on any atom is 0.266 e. The molecule has 5 nitrogen and oxygen atoms in total. The van der Waals surface area contributed by atoms with E-state index >= 15 is 0 Å². The van der Waals surface area contributed by atoms with Gasteiger partial charge in [0.1, 0.15) is 11.3 Å². The molecule has 6 heteroatoms. The van der Waals surface area contributed by atoms with Crippen LogP contribution in [0.3, 0.4) is 0 Å². The van der Waals surface area contributed by atoms with Crippen LogP contribution in [-0.2, 0) is 10.2 Å². The topological polar surface area (TPSA) is 64.1 Å². The Morgan fingerprint density at radius 1 is 1.29 bits per heavy atom. The number of ether oxygens (including phenoxy) is 1. The van der Waals surface area contributed by atoms with E-state index in [1.807, 2.05) is 24.3 Å². The van der Waals surface area contributed by atoms with Crippen LogP contribution in [-0.4, -0.2) is 22.2 Å². The number of aromatic nitrogens is 2. The monoisotopic (exact) mass is 305 g/mol. The van der Waals surface area contributed by atoms with Crippen molar-refractivity contribution in [1.82, 2.24) is 10.2 Å². The summed E-state index contributed by atoms with van der Waals surface area (Å²) >= 11 is 1.27. The third kappa shape index (κ3) is 4.26. The highest BCUT2D eigenvalue weighted by Gasteiger charge is 2.17. The van der Waals surface area contributed by atoms with E-state index in [4.69, 9.17) is 4.74 Å². The van der Waals surface area contributed by atoms with E-state index in [-0.39, 0.29) is 11.3 Å². The van der Waals surface area contributed by atoms with Gasteiger partial charge in [0.15, 0.2) is 6.10 Å². The molecule has 0 aliphatic rings. The average Bonchev–Trinajstić information content (AvgIpc) is 2.91. The molecule has 1 aromatic heterocycles. The fourth-order valence-corrected chi connectivity index (χ4v) is 2.17. The standard InChI is InChI=1S/C15H19N3O2S/c1-10(13(19)17-14-18-16-9-21-14)20-12-7-5-11(6-8-12)15(2,3)4/h5-10H,1-4H3,(H,17,18,19)/t10-/m0/s1. The second-order valence-electron chi connectivity index (χ2n) is 5.77. The molecule has 0 bridgehead atoms. The third-order valence-electron chi connectivity index (χ3n) is 2.99. The van der Waals surface area contributed by atoms with E-state index in [1.165, 1.54) is 16.9 Å². The van der Waals surface area contributed by atoms with Gasteiger partial charge in [0.25, 0.3) is 5.91 Å². The van der Waals surface area contributed by atoms with Crippen LogP contribution in [0.2, 0.25) is 0 Å². The van der Waals surface area contributed by atoms with Gasteiger partial charge in [-0.3, -0.25) is 10.1 Å². The van der Waals surface area contributed by atoms with Gasteiger partial charge in [-0.25, -0.2) is 0 Å². The number of nitrogens with zero attached hydrogens (tertiary/aromatic N) is 2. The van der Waals surface area contributed by atoms with Crippen molar-refractivity contribution in [2.75, 3.05) is 5.32 Å². The minimum Gasteiger partial charge on any atom is -0.481 e. The van der Waals surface area contributed by atoms with E-state index < -0.39 is 6.10 Å². The minimum atomic E-state index is -0.602. The Morgan fingerprint density at radius 2 is 1.95 bits per heavy atom. The number of rotatable bonds is 4. The predicted octanol–water partition coefficient (Wildman–Crippen LogP) is 3.24. The van der Waals surface area contributed by atoms with E-state index in [0.717, 1.165) is 0 Å². The number of nitrogens with one attached hydrogen (secondary N) is 1. The van der Waals surface area contributed by atoms with Crippen molar-refractivity contribution in [3.05, 3.63) is 35.3 Å². The molecule has 112 valence electrons. The van der Waals surface area contributed by atoms with Crippen LogP contribution in [0.25, 0.3) is 0 Å². The number of carbonyl (C=O) groups excluding carboxylic acids is 1. The molecule has 0 spiro atoms. The molecule has 21 heavy (non-hydrogen) atoms. The highest BCUT2D eigenvalue weighted by Crippen LogP contribution is 2.24. The molecule has 0 radical (unpaired) electrons. The van der Waals surface area contributed by atoms with Crippen molar-refractivity contribution in [2.24, 2.45) is 0 Å². The molecule has 0 saturated carbocycles. The summed E-state index contributed by atoms with van der Waals surface area (Å²) in [5.74, 6) is 0.426. The predicted molar refractivity (Wildman–Crippen MR) is 83.8 cm³/mol. The first-order chi connectivity index (χ1) is 9.86. The highest BCUT2D eigenvalue weighted by molar-refractivity contribution is 7.13. The number of anilines is 1. The van der Waals surface area contributed by atoms with Crippen LogP contribution >= 0.6 is 11.3 Å². The zero-order valence-corrected chi connectivity index (χ0v) is 13.4. The Balaban J connectivity index is 1.96. The van der Waals surface area contributed by atoms with Gasteiger partial charge in [0, 0.05) is 0 Å². The lowest BCUT2D eigenvalue weighted by Gasteiger charge is -2.20. The second-order valence-corrected chi connectivity index (χ2v) is 6.60. The number of hydrogen-bond donors (Lipinski definition) is 1. The Hall–Kier alpha value is -1.95. The first kappa shape index (κ1) is 15.4. The van der Waals surface area contributed by atoms with Gasteiger partial charge in [-0.05, 0) is 30.0 Å². The van der Waals surface area contributed by atoms with Crippen molar-refractivity contribution in [3.63, 3.8) is 0 Å².